The van der Waals surface area contributed by atoms with E-state index in [9.17, 15) is 14.7 Å². The summed E-state index contributed by atoms with van der Waals surface area (Å²) in [7, 11) is 1.64. The Morgan fingerprint density at radius 1 is 1.30 bits per heavy atom. The number of carbonyl (C=O) groups excluding carboxylic acids is 1. The summed E-state index contributed by atoms with van der Waals surface area (Å²) >= 11 is 0. The Morgan fingerprint density at radius 2 is 1.95 bits per heavy atom. The summed E-state index contributed by atoms with van der Waals surface area (Å²) in [5, 5.41) is 14.4. The highest BCUT2D eigenvalue weighted by molar-refractivity contribution is 5.83. The van der Waals surface area contributed by atoms with Crippen molar-refractivity contribution in [3.8, 4) is 0 Å². The third-order valence-corrected chi connectivity index (χ3v) is 3.42. The van der Waals surface area contributed by atoms with Gasteiger partial charge in [-0.2, -0.15) is 0 Å². The van der Waals surface area contributed by atoms with Crippen molar-refractivity contribution in [2.45, 2.75) is 31.0 Å². The molecule has 1 aromatic rings. The lowest BCUT2D eigenvalue weighted by molar-refractivity contribution is -0.139. The minimum Gasteiger partial charge on any atom is -0.479 e. The van der Waals surface area contributed by atoms with Crippen molar-refractivity contribution in [3.63, 3.8) is 0 Å². The van der Waals surface area contributed by atoms with Gasteiger partial charge in [0.1, 0.15) is 0 Å². The van der Waals surface area contributed by atoms with Crippen LogP contribution < -0.4 is 10.6 Å². The van der Waals surface area contributed by atoms with Gasteiger partial charge in [0, 0.05) is 13.2 Å². The van der Waals surface area contributed by atoms with Gasteiger partial charge in [0.05, 0.1) is 6.10 Å². The maximum absolute atomic E-state index is 11.8. The van der Waals surface area contributed by atoms with Gasteiger partial charge >= 0.3 is 12.0 Å². The fraction of sp³-hybridized carbons (Fsp3) is 0.429. The molecule has 0 unspecified atom stereocenters. The van der Waals surface area contributed by atoms with Gasteiger partial charge in [0.15, 0.2) is 6.04 Å². The molecule has 1 aliphatic rings. The lowest BCUT2D eigenvalue weighted by Gasteiger charge is -2.34. The molecule has 6 heteroatoms. The molecule has 2 amide bonds. The van der Waals surface area contributed by atoms with Crippen LogP contribution in [0.4, 0.5) is 4.79 Å². The molecule has 108 valence electrons. The zero-order valence-electron chi connectivity index (χ0n) is 11.2. The molecule has 20 heavy (non-hydrogen) atoms. The number of carboxylic acids is 1. The van der Waals surface area contributed by atoms with Gasteiger partial charge < -0.3 is 20.5 Å². The van der Waals surface area contributed by atoms with Gasteiger partial charge in [0.2, 0.25) is 0 Å². The number of aliphatic carboxylic acids is 1. The zero-order chi connectivity index (χ0) is 14.5. The first kappa shape index (κ1) is 14.3. The van der Waals surface area contributed by atoms with E-state index in [-0.39, 0.29) is 12.1 Å². The van der Waals surface area contributed by atoms with Crippen molar-refractivity contribution >= 4 is 12.0 Å². The zero-order valence-corrected chi connectivity index (χ0v) is 11.2. The summed E-state index contributed by atoms with van der Waals surface area (Å²) < 4.78 is 5.12. The minimum absolute atomic E-state index is 0.0465. The Labute approximate surface area is 117 Å². The maximum Gasteiger partial charge on any atom is 0.330 e. The molecule has 0 aromatic heterocycles. The number of hydrogen-bond donors (Lipinski definition) is 3. The third kappa shape index (κ3) is 3.48. The number of carboxylic acid groups (broad SMARTS) is 1. The normalized spacial score (nSPS) is 22.4. The fourth-order valence-electron chi connectivity index (χ4n) is 2.17. The number of ether oxygens (including phenoxy) is 1. The van der Waals surface area contributed by atoms with Crippen molar-refractivity contribution in [2.75, 3.05) is 7.11 Å². The first-order chi connectivity index (χ1) is 9.60. The molecule has 1 saturated carbocycles. The molecule has 6 nitrogen and oxygen atoms in total. The summed E-state index contributed by atoms with van der Waals surface area (Å²) in [5.74, 6) is -1.09. The van der Waals surface area contributed by atoms with Crippen LogP contribution in [-0.2, 0) is 9.53 Å². The van der Waals surface area contributed by atoms with E-state index in [0.29, 0.717) is 5.56 Å². The smallest absolute Gasteiger partial charge is 0.330 e. The van der Waals surface area contributed by atoms with Gasteiger partial charge in [0.25, 0.3) is 0 Å². The molecule has 0 aliphatic heterocycles. The first-order valence-electron chi connectivity index (χ1n) is 6.47. The summed E-state index contributed by atoms with van der Waals surface area (Å²) in [4.78, 5) is 23.0. The number of amides is 2. The summed E-state index contributed by atoms with van der Waals surface area (Å²) in [5.41, 5.74) is 0.540. The van der Waals surface area contributed by atoms with Crippen LogP contribution in [0.1, 0.15) is 24.4 Å². The average molecular weight is 278 g/mol. The topological polar surface area (TPSA) is 87.7 Å². The lowest BCUT2D eigenvalue weighted by Crippen LogP contribution is -2.51. The Hall–Kier alpha value is -2.08. The number of carbonyl (C=O) groups is 2. The van der Waals surface area contributed by atoms with Crippen molar-refractivity contribution in [3.05, 3.63) is 35.9 Å². The number of urea groups is 1. The summed E-state index contributed by atoms with van der Waals surface area (Å²) in [6.07, 6.45) is 1.70. The van der Waals surface area contributed by atoms with Crippen LogP contribution in [-0.4, -0.2) is 36.4 Å². The van der Waals surface area contributed by atoms with E-state index in [4.69, 9.17) is 4.74 Å². The summed E-state index contributed by atoms with van der Waals surface area (Å²) in [6, 6.07) is 7.13. The first-order valence-corrected chi connectivity index (χ1v) is 6.47. The van der Waals surface area contributed by atoms with Crippen LogP contribution in [0.5, 0.6) is 0 Å². The Morgan fingerprint density at radius 3 is 2.50 bits per heavy atom. The lowest BCUT2D eigenvalue weighted by atomic mass is 9.89. The monoisotopic (exact) mass is 278 g/mol. The molecule has 1 aliphatic carbocycles. The van der Waals surface area contributed by atoms with Crippen LogP contribution >= 0.6 is 0 Å². The molecular formula is C14H18N2O4. The van der Waals surface area contributed by atoms with E-state index in [1.165, 1.54) is 0 Å². The second-order valence-electron chi connectivity index (χ2n) is 4.83. The van der Waals surface area contributed by atoms with E-state index in [1.54, 1.807) is 37.4 Å². The van der Waals surface area contributed by atoms with Crippen LogP contribution in [0.2, 0.25) is 0 Å². The highest BCUT2D eigenvalue weighted by Gasteiger charge is 2.31. The fourth-order valence-corrected chi connectivity index (χ4v) is 2.17. The van der Waals surface area contributed by atoms with E-state index in [0.717, 1.165) is 12.8 Å². The number of nitrogens with one attached hydrogen (secondary N) is 2. The minimum atomic E-state index is -1.09. The van der Waals surface area contributed by atoms with Crippen LogP contribution in [0.25, 0.3) is 0 Å². The quantitative estimate of drug-likeness (QED) is 0.757. The van der Waals surface area contributed by atoms with Gasteiger partial charge in [-0.3, -0.25) is 0 Å². The molecule has 1 aromatic carbocycles. The highest BCUT2D eigenvalue weighted by atomic mass is 16.5. The van der Waals surface area contributed by atoms with E-state index >= 15 is 0 Å². The van der Waals surface area contributed by atoms with Gasteiger partial charge in [-0.25, -0.2) is 9.59 Å². The molecule has 1 fully saturated rings. The van der Waals surface area contributed by atoms with Crippen molar-refractivity contribution in [2.24, 2.45) is 0 Å². The van der Waals surface area contributed by atoms with Crippen molar-refractivity contribution < 1.29 is 19.4 Å². The molecule has 0 bridgehead atoms. The third-order valence-electron chi connectivity index (χ3n) is 3.42. The molecule has 0 heterocycles. The molecule has 1 atom stereocenters. The Kier molecular flexibility index (Phi) is 4.57. The average Bonchev–Trinajstić information content (AvgIpc) is 2.40. The van der Waals surface area contributed by atoms with E-state index in [1.807, 2.05) is 0 Å². The van der Waals surface area contributed by atoms with Crippen LogP contribution in [0, 0.1) is 0 Å². The standard InChI is InChI=1S/C14H18N2O4/c1-20-11-7-10(8-11)15-14(19)16-12(13(17)18)9-5-3-2-4-6-9/h2-6,10-12H,7-8H2,1H3,(H,17,18)(H2,15,16,19)/t10?,11?,12-/m0/s1. The molecule has 0 spiro atoms. The second kappa shape index (κ2) is 6.38. The molecule has 3 N–H and O–H groups in total. The van der Waals surface area contributed by atoms with Crippen molar-refractivity contribution in [1.29, 1.82) is 0 Å². The van der Waals surface area contributed by atoms with Crippen LogP contribution in [0.15, 0.2) is 30.3 Å². The maximum atomic E-state index is 11.8. The molecule has 0 radical (unpaired) electrons. The van der Waals surface area contributed by atoms with E-state index in [2.05, 4.69) is 10.6 Å². The molecule has 0 saturated heterocycles. The van der Waals surface area contributed by atoms with Gasteiger partial charge in [-0.1, -0.05) is 30.3 Å². The number of rotatable bonds is 5. The van der Waals surface area contributed by atoms with Crippen molar-refractivity contribution in [1.82, 2.24) is 10.6 Å². The Bertz CT molecular complexity index is 471. The van der Waals surface area contributed by atoms with Gasteiger partial charge in [-0.05, 0) is 18.4 Å². The van der Waals surface area contributed by atoms with E-state index < -0.39 is 18.0 Å². The highest BCUT2D eigenvalue weighted by Crippen LogP contribution is 2.22. The number of methoxy groups -OCH3 is 1. The predicted octanol–water partition coefficient (Wildman–Crippen LogP) is 1.29. The molecule has 2 rings (SSSR count). The summed E-state index contributed by atoms with van der Waals surface area (Å²) in [6.45, 7) is 0. The largest absolute Gasteiger partial charge is 0.479 e. The second-order valence-corrected chi connectivity index (χ2v) is 4.83. The van der Waals surface area contributed by atoms with Gasteiger partial charge in [-0.15, -0.1) is 0 Å². The SMILES string of the molecule is COC1CC(NC(=O)N[C@H](C(=O)O)c2ccccc2)C1. The number of hydrogen-bond acceptors (Lipinski definition) is 3. The van der Waals surface area contributed by atoms with Crippen LogP contribution in [0.3, 0.4) is 0 Å². The molecular weight excluding hydrogens is 260 g/mol. The predicted molar refractivity (Wildman–Crippen MR) is 72.3 cm³/mol. The number of benzene rings is 1. The Balaban J connectivity index is 1.89.